The summed E-state index contributed by atoms with van der Waals surface area (Å²) in [6, 6.07) is 5.99. The van der Waals surface area contributed by atoms with E-state index in [0.717, 1.165) is 5.56 Å². The summed E-state index contributed by atoms with van der Waals surface area (Å²) >= 11 is 5.78. The van der Waals surface area contributed by atoms with E-state index in [9.17, 15) is 14.7 Å². The molecule has 6 heteroatoms. The SMILES string of the molecule is CC(C)(C)OC(=O)[C@@H](C(=O)O)C(N)Cc1ccc(Cl)cc1. The minimum atomic E-state index is -1.40. The molecule has 2 atom stereocenters. The number of carbonyl (C=O) groups excluding carboxylic acids is 1. The second-order valence-electron chi connectivity index (χ2n) is 5.84. The molecule has 0 radical (unpaired) electrons. The Labute approximate surface area is 129 Å². The Balaban J connectivity index is 2.82. The van der Waals surface area contributed by atoms with Crippen LogP contribution in [-0.2, 0) is 20.7 Å². The number of nitrogens with two attached hydrogens (primary N) is 1. The molecule has 0 aliphatic rings. The second kappa shape index (κ2) is 6.91. The topological polar surface area (TPSA) is 89.6 Å². The fourth-order valence-electron chi connectivity index (χ4n) is 1.83. The van der Waals surface area contributed by atoms with Gasteiger partial charge in [0.25, 0.3) is 0 Å². The summed E-state index contributed by atoms with van der Waals surface area (Å²) in [6.07, 6.45) is 0.243. The van der Waals surface area contributed by atoms with E-state index in [1.807, 2.05) is 0 Å². The molecule has 5 nitrogen and oxygen atoms in total. The van der Waals surface area contributed by atoms with Crippen LogP contribution in [0.15, 0.2) is 24.3 Å². The lowest BCUT2D eigenvalue weighted by Crippen LogP contribution is -2.45. The smallest absolute Gasteiger partial charge is 0.322 e. The number of esters is 1. The lowest BCUT2D eigenvalue weighted by atomic mass is 9.94. The number of carboxylic acid groups (broad SMARTS) is 1. The predicted octanol–water partition coefficient (Wildman–Crippen LogP) is 2.25. The summed E-state index contributed by atoms with van der Waals surface area (Å²) in [7, 11) is 0. The molecule has 21 heavy (non-hydrogen) atoms. The van der Waals surface area contributed by atoms with Gasteiger partial charge in [0, 0.05) is 11.1 Å². The van der Waals surface area contributed by atoms with E-state index in [2.05, 4.69) is 0 Å². The van der Waals surface area contributed by atoms with Crippen LogP contribution in [0.4, 0.5) is 0 Å². The maximum atomic E-state index is 12.0. The third-order valence-electron chi connectivity index (χ3n) is 2.74. The van der Waals surface area contributed by atoms with E-state index >= 15 is 0 Å². The molecular weight excluding hydrogens is 294 g/mol. The van der Waals surface area contributed by atoms with Crippen molar-refractivity contribution in [2.75, 3.05) is 0 Å². The highest BCUT2D eigenvalue weighted by molar-refractivity contribution is 6.30. The van der Waals surface area contributed by atoms with Crippen molar-refractivity contribution in [1.29, 1.82) is 0 Å². The van der Waals surface area contributed by atoms with Gasteiger partial charge in [-0.25, -0.2) is 0 Å². The minimum Gasteiger partial charge on any atom is -0.481 e. The lowest BCUT2D eigenvalue weighted by molar-refractivity contribution is -0.167. The third kappa shape index (κ3) is 5.73. The van der Waals surface area contributed by atoms with Crippen LogP contribution < -0.4 is 5.73 Å². The summed E-state index contributed by atoms with van der Waals surface area (Å²) in [5, 5.41) is 9.81. The number of ether oxygens (including phenoxy) is 1. The summed E-state index contributed by atoms with van der Waals surface area (Å²) in [5.41, 5.74) is 5.94. The van der Waals surface area contributed by atoms with E-state index in [4.69, 9.17) is 22.1 Å². The predicted molar refractivity (Wildman–Crippen MR) is 80.1 cm³/mol. The Kier molecular flexibility index (Phi) is 5.75. The first kappa shape index (κ1) is 17.5. The van der Waals surface area contributed by atoms with Gasteiger partial charge in [-0.2, -0.15) is 0 Å². The van der Waals surface area contributed by atoms with E-state index in [-0.39, 0.29) is 6.42 Å². The van der Waals surface area contributed by atoms with Gasteiger partial charge in [0.1, 0.15) is 5.60 Å². The quantitative estimate of drug-likeness (QED) is 0.643. The van der Waals surface area contributed by atoms with Crippen LogP contribution in [0, 0.1) is 5.92 Å². The molecular formula is C15H20ClNO4. The summed E-state index contributed by atoms with van der Waals surface area (Å²) in [6.45, 7) is 5.03. The zero-order valence-corrected chi connectivity index (χ0v) is 13.1. The average Bonchev–Trinajstić information content (AvgIpc) is 2.29. The fraction of sp³-hybridized carbons (Fsp3) is 0.467. The van der Waals surface area contributed by atoms with Gasteiger partial charge in [0.2, 0.25) is 0 Å². The zero-order valence-electron chi connectivity index (χ0n) is 12.3. The standard InChI is InChI=1S/C15H20ClNO4/c1-15(2,3)21-14(20)12(13(18)19)11(17)8-9-4-6-10(16)7-5-9/h4-7,11-12H,8,17H2,1-3H3,(H,18,19)/t11?,12-/m1/s1. The van der Waals surface area contributed by atoms with Crippen LogP contribution in [0.1, 0.15) is 26.3 Å². The second-order valence-corrected chi connectivity index (χ2v) is 6.28. The minimum absolute atomic E-state index is 0.243. The molecule has 0 heterocycles. The first-order valence-corrected chi connectivity index (χ1v) is 6.93. The molecule has 0 fully saturated rings. The Hall–Kier alpha value is -1.59. The van der Waals surface area contributed by atoms with Gasteiger partial charge in [0.15, 0.2) is 5.92 Å². The number of hydrogen-bond donors (Lipinski definition) is 2. The Morgan fingerprint density at radius 1 is 1.29 bits per heavy atom. The van der Waals surface area contributed by atoms with Crippen molar-refractivity contribution in [3.63, 3.8) is 0 Å². The van der Waals surface area contributed by atoms with Gasteiger partial charge < -0.3 is 15.6 Å². The van der Waals surface area contributed by atoms with E-state index in [0.29, 0.717) is 5.02 Å². The lowest BCUT2D eigenvalue weighted by Gasteiger charge is -2.25. The highest BCUT2D eigenvalue weighted by Crippen LogP contribution is 2.17. The van der Waals surface area contributed by atoms with Crippen molar-refractivity contribution in [2.24, 2.45) is 11.7 Å². The van der Waals surface area contributed by atoms with Crippen molar-refractivity contribution in [3.05, 3.63) is 34.9 Å². The van der Waals surface area contributed by atoms with Gasteiger partial charge >= 0.3 is 11.9 Å². The Morgan fingerprint density at radius 2 is 1.81 bits per heavy atom. The van der Waals surface area contributed by atoms with Crippen molar-refractivity contribution < 1.29 is 19.4 Å². The Morgan fingerprint density at radius 3 is 2.24 bits per heavy atom. The number of aliphatic carboxylic acids is 1. The first-order chi connectivity index (χ1) is 9.60. The molecule has 1 unspecified atom stereocenters. The van der Waals surface area contributed by atoms with E-state index < -0.39 is 29.5 Å². The number of halogens is 1. The van der Waals surface area contributed by atoms with E-state index in [1.165, 1.54) is 0 Å². The summed E-state index contributed by atoms with van der Waals surface area (Å²) in [4.78, 5) is 23.3. The summed E-state index contributed by atoms with van der Waals surface area (Å²) in [5.74, 6) is -3.51. The fourth-order valence-corrected chi connectivity index (χ4v) is 1.96. The summed E-state index contributed by atoms with van der Waals surface area (Å²) < 4.78 is 5.12. The molecule has 1 aromatic carbocycles. The molecule has 0 spiro atoms. The molecule has 1 aromatic rings. The normalized spacial score (nSPS) is 14.3. The highest BCUT2D eigenvalue weighted by atomic mass is 35.5. The maximum absolute atomic E-state index is 12.0. The van der Waals surface area contributed by atoms with Crippen molar-refractivity contribution in [2.45, 2.75) is 38.8 Å². The van der Waals surface area contributed by atoms with Gasteiger partial charge in [-0.15, -0.1) is 0 Å². The largest absolute Gasteiger partial charge is 0.481 e. The number of hydrogen-bond acceptors (Lipinski definition) is 4. The van der Waals surface area contributed by atoms with Crippen LogP contribution in [-0.4, -0.2) is 28.7 Å². The number of carbonyl (C=O) groups is 2. The maximum Gasteiger partial charge on any atom is 0.322 e. The van der Waals surface area contributed by atoms with Gasteiger partial charge in [0.05, 0.1) is 0 Å². The first-order valence-electron chi connectivity index (χ1n) is 6.56. The van der Waals surface area contributed by atoms with Crippen LogP contribution in [0.25, 0.3) is 0 Å². The van der Waals surface area contributed by atoms with Crippen molar-refractivity contribution >= 4 is 23.5 Å². The molecule has 0 aliphatic carbocycles. The van der Waals surface area contributed by atoms with Crippen molar-refractivity contribution in [3.8, 4) is 0 Å². The molecule has 116 valence electrons. The number of rotatable bonds is 5. The van der Waals surface area contributed by atoms with Crippen LogP contribution in [0.2, 0.25) is 5.02 Å². The monoisotopic (exact) mass is 313 g/mol. The molecule has 0 aromatic heterocycles. The Bertz CT molecular complexity index is 507. The number of carboxylic acids is 1. The third-order valence-corrected chi connectivity index (χ3v) is 2.99. The van der Waals surface area contributed by atoms with Crippen LogP contribution >= 0.6 is 11.6 Å². The molecule has 1 rings (SSSR count). The highest BCUT2D eigenvalue weighted by Gasteiger charge is 2.36. The number of benzene rings is 1. The van der Waals surface area contributed by atoms with Gasteiger partial charge in [-0.3, -0.25) is 9.59 Å². The molecule has 3 N–H and O–H groups in total. The van der Waals surface area contributed by atoms with E-state index in [1.54, 1.807) is 45.0 Å². The van der Waals surface area contributed by atoms with Crippen LogP contribution in [0.5, 0.6) is 0 Å². The molecule has 0 amide bonds. The molecule has 0 aliphatic heterocycles. The molecule has 0 saturated carbocycles. The van der Waals surface area contributed by atoms with Crippen molar-refractivity contribution in [1.82, 2.24) is 0 Å². The van der Waals surface area contributed by atoms with Crippen LogP contribution in [0.3, 0.4) is 0 Å². The zero-order chi connectivity index (χ0) is 16.2. The molecule has 0 bridgehead atoms. The average molecular weight is 314 g/mol. The van der Waals surface area contributed by atoms with Gasteiger partial charge in [-0.05, 0) is 44.9 Å². The molecule has 0 saturated heterocycles. The van der Waals surface area contributed by atoms with Gasteiger partial charge in [-0.1, -0.05) is 23.7 Å².